The van der Waals surface area contributed by atoms with Gasteiger partial charge >= 0.3 is 12.2 Å². The van der Waals surface area contributed by atoms with E-state index in [0.717, 1.165) is 56.9 Å². The SMILES string of the molecule is CC(C)I.CC(C)OC1CC2(CCN(C(=O)OCc3ccccc3)CC2)Oc2ccccc21.O=C(OCc1ccccc1)N1CCC2(CC1)CC(O)c1ccccc1O2. The molecule has 2 unspecified atom stereocenters. The van der Waals surface area contributed by atoms with Gasteiger partial charge in [-0.15, -0.1) is 0 Å². The molecule has 2 saturated heterocycles. The van der Waals surface area contributed by atoms with Gasteiger partial charge in [0, 0.05) is 79.8 Å². The Hall–Kier alpha value is -4.33. The highest BCUT2D eigenvalue weighted by atomic mass is 127. The number of aliphatic hydroxyl groups excluding tert-OH is 1. The van der Waals surface area contributed by atoms with Crippen molar-refractivity contribution in [1.29, 1.82) is 0 Å². The number of hydrogen-bond donors (Lipinski definition) is 1. The number of fused-ring (bicyclic) bond motifs is 2. The average Bonchev–Trinajstić information content (AvgIpc) is 3.23. The largest absolute Gasteiger partial charge is 0.487 e. The molecule has 11 heteroatoms. The number of aliphatic hydroxyl groups is 1. The standard InChI is InChI=1S/C24H29NO4.C21H23NO4.C3H7I/c1-18(2)28-22-16-24(29-21-11-7-6-10-20(21)22)12-14-25(15-13-24)23(26)27-17-19-8-4-3-5-9-19;23-18-14-21(26-19-9-5-4-8-17(18)19)10-12-22(13-11-21)20(24)25-15-16-6-2-1-3-7-16;1-3(2)4/h3-11,18,22H,12-17H2,1-2H3;1-9,18,23H,10-15H2;3H,1-2H3. The van der Waals surface area contributed by atoms with Gasteiger partial charge in [-0.2, -0.15) is 0 Å². The minimum atomic E-state index is -0.517. The Morgan fingerprint density at radius 3 is 1.49 bits per heavy atom. The predicted octanol–water partition coefficient (Wildman–Crippen LogP) is 10.6. The van der Waals surface area contributed by atoms with Crippen LogP contribution in [0.3, 0.4) is 0 Å². The van der Waals surface area contributed by atoms with Gasteiger partial charge in [0.1, 0.15) is 35.9 Å². The molecule has 4 aliphatic rings. The van der Waals surface area contributed by atoms with Crippen LogP contribution >= 0.6 is 22.6 Å². The van der Waals surface area contributed by atoms with E-state index in [4.69, 9.17) is 23.7 Å². The number of benzene rings is 4. The summed E-state index contributed by atoms with van der Waals surface area (Å²) in [5.74, 6) is 1.66. The number of alkyl halides is 1. The van der Waals surface area contributed by atoms with Crippen LogP contribution in [0.2, 0.25) is 0 Å². The predicted molar refractivity (Wildman–Crippen MR) is 237 cm³/mol. The molecule has 10 nitrogen and oxygen atoms in total. The Morgan fingerprint density at radius 1 is 0.644 bits per heavy atom. The molecule has 0 bridgehead atoms. The molecular formula is C48H59IN2O8. The molecule has 316 valence electrons. The smallest absolute Gasteiger partial charge is 0.410 e. The summed E-state index contributed by atoms with van der Waals surface area (Å²) in [4.78, 5) is 28.3. The van der Waals surface area contributed by atoms with Crippen molar-refractivity contribution >= 4 is 34.8 Å². The van der Waals surface area contributed by atoms with Crippen molar-refractivity contribution in [2.75, 3.05) is 26.2 Å². The number of hydrogen-bond acceptors (Lipinski definition) is 8. The van der Waals surface area contributed by atoms with Gasteiger partial charge in [-0.25, -0.2) is 9.59 Å². The van der Waals surface area contributed by atoms with Gasteiger partial charge in [0.25, 0.3) is 0 Å². The summed E-state index contributed by atoms with van der Waals surface area (Å²) >= 11 is 2.34. The number of para-hydroxylation sites is 2. The third-order valence-electron chi connectivity index (χ3n) is 11.0. The maximum absolute atomic E-state index is 12.5. The Labute approximate surface area is 363 Å². The number of halogens is 1. The maximum Gasteiger partial charge on any atom is 0.410 e. The summed E-state index contributed by atoms with van der Waals surface area (Å²) in [6.07, 6.45) is 3.43. The van der Waals surface area contributed by atoms with Gasteiger partial charge in [-0.05, 0) is 37.1 Å². The van der Waals surface area contributed by atoms with E-state index in [0.29, 0.717) is 52.0 Å². The van der Waals surface area contributed by atoms with E-state index in [1.165, 1.54) is 0 Å². The molecule has 4 aromatic carbocycles. The molecule has 2 fully saturated rings. The van der Waals surface area contributed by atoms with Crippen molar-refractivity contribution in [3.05, 3.63) is 131 Å². The van der Waals surface area contributed by atoms with Crippen LogP contribution in [0.4, 0.5) is 9.59 Å². The second-order valence-electron chi connectivity index (χ2n) is 16.3. The van der Waals surface area contributed by atoms with E-state index in [1.807, 2.05) is 103 Å². The van der Waals surface area contributed by atoms with Crippen LogP contribution in [-0.4, -0.2) is 74.5 Å². The number of piperidine rings is 2. The third kappa shape index (κ3) is 12.4. The topological polar surface area (TPSA) is 107 Å². The Kier molecular flexibility index (Phi) is 15.6. The second kappa shape index (κ2) is 20.8. The first-order chi connectivity index (χ1) is 28.4. The first-order valence-corrected chi connectivity index (χ1v) is 22.1. The fraction of sp³-hybridized carbons (Fsp3) is 0.458. The summed E-state index contributed by atoms with van der Waals surface area (Å²) in [6, 6.07) is 35.2. The summed E-state index contributed by atoms with van der Waals surface area (Å²) in [5.41, 5.74) is 3.26. The zero-order chi connectivity index (χ0) is 41.8. The molecule has 2 spiro atoms. The van der Waals surface area contributed by atoms with E-state index in [9.17, 15) is 14.7 Å². The Morgan fingerprint density at radius 2 is 1.03 bits per heavy atom. The van der Waals surface area contributed by atoms with Crippen molar-refractivity contribution in [3.8, 4) is 11.5 Å². The molecule has 1 N–H and O–H groups in total. The lowest BCUT2D eigenvalue weighted by atomic mass is 9.81. The van der Waals surface area contributed by atoms with Crippen molar-refractivity contribution in [3.63, 3.8) is 0 Å². The van der Waals surface area contributed by atoms with Crippen LogP contribution in [-0.2, 0) is 27.4 Å². The van der Waals surface area contributed by atoms with Crippen LogP contribution < -0.4 is 9.47 Å². The summed E-state index contributed by atoms with van der Waals surface area (Å²) in [7, 11) is 0. The zero-order valence-electron chi connectivity index (χ0n) is 34.8. The number of amides is 2. The number of likely N-dealkylation sites (tertiary alicyclic amines) is 2. The van der Waals surface area contributed by atoms with Gasteiger partial charge in [-0.3, -0.25) is 0 Å². The van der Waals surface area contributed by atoms with Crippen LogP contribution in [0.5, 0.6) is 11.5 Å². The van der Waals surface area contributed by atoms with Gasteiger partial charge in [-0.1, -0.05) is 134 Å². The number of rotatable bonds is 6. The lowest BCUT2D eigenvalue weighted by Crippen LogP contribution is -2.52. The van der Waals surface area contributed by atoms with E-state index in [1.54, 1.807) is 9.80 Å². The molecule has 4 aromatic rings. The van der Waals surface area contributed by atoms with Crippen molar-refractivity contribution in [2.45, 2.75) is 113 Å². The summed E-state index contributed by atoms with van der Waals surface area (Å²) in [5, 5.41) is 10.5. The van der Waals surface area contributed by atoms with Crippen molar-refractivity contribution < 1.29 is 38.4 Å². The van der Waals surface area contributed by atoms with Crippen LogP contribution in [0, 0.1) is 0 Å². The molecule has 0 aliphatic carbocycles. The third-order valence-corrected chi connectivity index (χ3v) is 11.0. The molecular weight excluding hydrogens is 859 g/mol. The summed E-state index contributed by atoms with van der Waals surface area (Å²) < 4.78 is 30.7. The van der Waals surface area contributed by atoms with E-state index in [2.05, 4.69) is 56.4 Å². The lowest BCUT2D eigenvalue weighted by Gasteiger charge is -2.46. The highest BCUT2D eigenvalue weighted by molar-refractivity contribution is 14.1. The molecule has 0 aromatic heterocycles. The van der Waals surface area contributed by atoms with E-state index in [-0.39, 0.29) is 36.6 Å². The number of nitrogens with zero attached hydrogens (tertiary/aromatic N) is 2. The quantitative estimate of drug-likeness (QED) is 0.151. The van der Waals surface area contributed by atoms with Crippen LogP contribution in [0.15, 0.2) is 109 Å². The first-order valence-electron chi connectivity index (χ1n) is 20.9. The highest BCUT2D eigenvalue weighted by Gasteiger charge is 2.45. The molecule has 0 saturated carbocycles. The monoisotopic (exact) mass is 918 g/mol. The molecule has 0 radical (unpaired) electrons. The zero-order valence-corrected chi connectivity index (χ0v) is 36.9. The van der Waals surface area contributed by atoms with Gasteiger partial charge in [0.05, 0.1) is 18.3 Å². The maximum atomic E-state index is 12.5. The first kappa shape index (κ1) is 44.2. The molecule has 2 atom stereocenters. The second-order valence-corrected chi connectivity index (χ2v) is 18.8. The Balaban J connectivity index is 0.000000183. The van der Waals surface area contributed by atoms with Gasteiger partial charge < -0.3 is 38.6 Å². The highest BCUT2D eigenvalue weighted by Crippen LogP contribution is 2.47. The Bertz CT molecular complexity index is 1920. The molecule has 4 heterocycles. The van der Waals surface area contributed by atoms with Crippen molar-refractivity contribution in [2.24, 2.45) is 0 Å². The number of carbonyl (C=O) groups is 2. The van der Waals surface area contributed by atoms with E-state index >= 15 is 0 Å². The molecule has 8 rings (SSSR count). The number of carbonyl (C=O) groups excluding carboxylic acids is 2. The summed E-state index contributed by atoms with van der Waals surface area (Å²) in [6.45, 7) is 11.4. The minimum Gasteiger partial charge on any atom is -0.487 e. The van der Waals surface area contributed by atoms with Crippen molar-refractivity contribution in [1.82, 2.24) is 9.80 Å². The molecule has 59 heavy (non-hydrogen) atoms. The van der Waals surface area contributed by atoms with E-state index < -0.39 is 11.7 Å². The van der Waals surface area contributed by atoms with Crippen LogP contribution in [0.1, 0.15) is 101 Å². The molecule has 2 amide bonds. The fourth-order valence-corrected chi connectivity index (χ4v) is 8.03. The lowest BCUT2D eigenvalue weighted by molar-refractivity contribution is -0.0885. The van der Waals surface area contributed by atoms with Crippen LogP contribution in [0.25, 0.3) is 0 Å². The normalized spacial score (nSPS) is 19.8. The number of ether oxygens (including phenoxy) is 5. The fourth-order valence-electron chi connectivity index (χ4n) is 8.03. The van der Waals surface area contributed by atoms with Gasteiger partial charge in [0.15, 0.2) is 0 Å². The van der Waals surface area contributed by atoms with Gasteiger partial charge in [0.2, 0.25) is 0 Å². The average molecular weight is 919 g/mol. The molecule has 4 aliphatic heterocycles. The minimum absolute atomic E-state index is 0.0246.